The van der Waals surface area contributed by atoms with Crippen molar-refractivity contribution < 1.29 is 16.8 Å². The maximum atomic E-state index is 9.86. The molecular formula is C50H32O. The van der Waals surface area contributed by atoms with Gasteiger partial charge in [-0.1, -0.05) is 158 Å². The molecular weight excluding hydrogens is 617 g/mol. The molecule has 0 unspecified atom stereocenters. The Hall–Kier alpha value is -6.70. The van der Waals surface area contributed by atoms with Gasteiger partial charge in [-0.15, -0.1) is 0 Å². The van der Waals surface area contributed by atoms with E-state index in [0.717, 1.165) is 0 Å². The van der Waals surface area contributed by atoms with E-state index in [1.807, 2.05) is 115 Å². The van der Waals surface area contributed by atoms with Crippen molar-refractivity contribution in [2.75, 3.05) is 0 Å². The van der Waals surface area contributed by atoms with Crippen molar-refractivity contribution in [1.82, 2.24) is 0 Å². The summed E-state index contributed by atoms with van der Waals surface area (Å²) < 4.78 is 90.8. The summed E-state index contributed by atoms with van der Waals surface area (Å²) in [6.45, 7) is 0. The molecule has 0 aliphatic carbocycles. The SMILES string of the molecule is [2H]c1c(-c2ccccc2)c([2H])c(-c2c3ccccc3c(-c3c([2H])c([2H])c([2H])c4oc5c([2H])c([2H])c(-c6ccccc6)c([2H])c5c34)c3ccccc23)c([2H])c1-c1ccccc1. The van der Waals surface area contributed by atoms with Crippen LogP contribution in [-0.2, 0) is 0 Å². The van der Waals surface area contributed by atoms with Gasteiger partial charge in [0.25, 0.3) is 0 Å². The zero-order valence-corrected chi connectivity index (χ0v) is 27.2. The molecule has 0 bridgehead atoms. The number of fused-ring (bicyclic) bond motifs is 5. The molecule has 238 valence electrons. The highest BCUT2D eigenvalue weighted by Crippen LogP contribution is 2.48. The highest BCUT2D eigenvalue weighted by Gasteiger charge is 2.21. The zero-order chi connectivity index (χ0) is 41.6. The van der Waals surface area contributed by atoms with E-state index >= 15 is 0 Å². The molecule has 0 saturated carbocycles. The second-order valence-electron chi connectivity index (χ2n) is 12.4. The van der Waals surface area contributed by atoms with Gasteiger partial charge in [0.05, 0.1) is 12.3 Å². The summed E-state index contributed by atoms with van der Waals surface area (Å²) in [6, 6.07) is 41.3. The van der Waals surface area contributed by atoms with Gasteiger partial charge in [0.2, 0.25) is 0 Å². The molecule has 0 aliphatic rings. The Balaban J connectivity index is 1.40. The lowest BCUT2D eigenvalue weighted by Crippen LogP contribution is -1.92. The minimum absolute atomic E-state index is 0.0248. The van der Waals surface area contributed by atoms with Crippen LogP contribution in [-0.4, -0.2) is 0 Å². The maximum absolute atomic E-state index is 9.86. The quantitative estimate of drug-likeness (QED) is 0.168. The number of furan rings is 1. The topological polar surface area (TPSA) is 13.1 Å². The van der Waals surface area contributed by atoms with E-state index in [0.29, 0.717) is 66.1 Å². The van der Waals surface area contributed by atoms with E-state index < -0.39 is 6.04 Å². The molecule has 1 aromatic heterocycles. The van der Waals surface area contributed by atoms with Crippen molar-refractivity contribution in [3.63, 3.8) is 0 Å². The fraction of sp³-hybridized carbons (Fsp3) is 0. The summed E-state index contributed by atoms with van der Waals surface area (Å²) in [5.41, 5.74) is 4.47. The lowest BCUT2D eigenvalue weighted by molar-refractivity contribution is 0.669. The van der Waals surface area contributed by atoms with E-state index in [1.165, 1.54) is 0 Å². The largest absolute Gasteiger partial charge is 0.456 e. The van der Waals surface area contributed by atoms with E-state index in [-0.39, 0.29) is 81.4 Å². The third-order valence-corrected chi connectivity index (χ3v) is 9.44. The Bertz CT molecular complexity index is 3280. The fourth-order valence-corrected chi connectivity index (χ4v) is 7.15. The van der Waals surface area contributed by atoms with E-state index in [4.69, 9.17) is 9.90 Å². The molecule has 1 heterocycles. The van der Waals surface area contributed by atoms with E-state index in [9.17, 15) is 6.85 Å². The van der Waals surface area contributed by atoms with Gasteiger partial charge in [0.15, 0.2) is 0 Å². The van der Waals surface area contributed by atoms with Crippen LogP contribution in [0.25, 0.3) is 99.1 Å². The Morgan fingerprint density at radius 1 is 0.333 bits per heavy atom. The number of hydrogen-bond acceptors (Lipinski definition) is 1. The van der Waals surface area contributed by atoms with Crippen molar-refractivity contribution in [2.24, 2.45) is 0 Å². The first-order valence-electron chi connectivity index (χ1n) is 21.3. The predicted molar refractivity (Wildman–Crippen MR) is 216 cm³/mol. The van der Waals surface area contributed by atoms with Crippen LogP contribution in [0.15, 0.2) is 198 Å². The van der Waals surface area contributed by atoms with Crippen LogP contribution in [0, 0.1) is 0 Å². The second-order valence-corrected chi connectivity index (χ2v) is 12.4. The molecule has 0 saturated heterocycles. The third kappa shape index (κ3) is 4.94. The monoisotopic (exact) mass is 657 g/mol. The van der Waals surface area contributed by atoms with Crippen molar-refractivity contribution in [2.45, 2.75) is 0 Å². The van der Waals surface area contributed by atoms with Crippen LogP contribution >= 0.6 is 0 Å². The highest BCUT2D eigenvalue weighted by atomic mass is 16.3. The lowest BCUT2D eigenvalue weighted by Gasteiger charge is -2.19. The molecule has 0 radical (unpaired) electrons. The first-order valence-corrected chi connectivity index (χ1v) is 16.8. The summed E-state index contributed by atoms with van der Waals surface area (Å²) in [5.74, 6) is 0. The Kier molecular flexibility index (Phi) is 5.04. The van der Waals surface area contributed by atoms with Crippen LogP contribution in [0.4, 0.5) is 0 Å². The third-order valence-electron chi connectivity index (χ3n) is 9.44. The lowest BCUT2D eigenvalue weighted by atomic mass is 9.83. The van der Waals surface area contributed by atoms with Crippen LogP contribution in [0.3, 0.4) is 0 Å². The smallest absolute Gasteiger partial charge is 0.136 e. The summed E-state index contributed by atoms with van der Waals surface area (Å²) in [6.07, 6.45) is 0. The van der Waals surface area contributed by atoms with Gasteiger partial charge in [0.1, 0.15) is 11.2 Å². The Morgan fingerprint density at radius 2 is 0.804 bits per heavy atom. The predicted octanol–water partition coefficient (Wildman–Crippen LogP) is 14.2. The highest BCUT2D eigenvalue weighted by molar-refractivity contribution is 6.26. The summed E-state index contributed by atoms with van der Waals surface area (Å²) >= 11 is 0. The molecule has 0 spiro atoms. The maximum Gasteiger partial charge on any atom is 0.136 e. The Morgan fingerprint density at radius 3 is 1.35 bits per heavy atom. The van der Waals surface area contributed by atoms with E-state index in [2.05, 4.69) is 0 Å². The standard InChI is InChI=1S/C50H32O/c1-4-15-33(16-5-1)36-27-28-46-45(32-36)50-44(25-14-26-47(50)51-46)49-42-23-12-10-21-40(42)48(41-22-11-13-24-43(41)49)39-30-37(34-17-6-2-7-18-34)29-38(31-39)35-19-8-3-9-20-35/h1-32H/i14D,25D,26D,27D,28D,29D,30D,31D,32D. The summed E-state index contributed by atoms with van der Waals surface area (Å²) in [4.78, 5) is 0. The molecule has 10 rings (SSSR count). The van der Waals surface area contributed by atoms with Crippen molar-refractivity contribution >= 4 is 43.5 Å². The Labute approximate surface area is 309 Å². The molecule has 0 fully saturated rings. The zero-order valence-electron chi connectivity index (χ0n) is 36.2. The van der Waals surface area contributed by atoms with Gasteiger partial charge < -0.3 is 4.42 Å². The molecule has 0 atom stereocenters. The first kappa shape index (κ1) is 21.4. The van der Waals surface area contributed by atoms with Gasteiger partial charge in [-0.2, -0.15) is 0 Å². The van der Waals surface area contributed by atoms with Gasteiger partial charge in [0, 0.05) is 10.8 Å². The molecule has 51 heavy (non-hydrogen) atoms. The number of hydrogen-bond donors (Lipinski definition) is 0. The molecule has 0 aliphatic heterocycles. The van der Waals surface area contributed by atoms with Crippen LogP contribution in [0.5, 0.6) is 0 Å². The summed E-state index contributed by atoms with van der Waals surface area (Å²) in [5, 5.41) is 2.96. The number of rotatable bonds is 5. The van der Waals surface area contributed by atoms with Crippen LogP contribution in [0.1, 0.15) is 12.3 Å². The molecule has 0 amide bonds. The molecule has 1 nitrogen and oxygen atoms in total. The number of benzene rings is 9. The van der Waals surface area contributed by atoms with E-state index in [1.54, 1.807) is 24.3 Å². The molecule has 1 heteroatoms. The van der Waals surface area contributed by atoms with Gasteiger partial charge in [-0.25, -0.2) is 0 Å². The van der Waals surface area contributed by atoms with Crippen molar-refractivity contribution in [3.05, 3.63) is 194 Å². The normalized spacial score (nSPS) is 14.0. The minimum Gasteiger partial charge on any atom is -0.456 e. The molecule has 10 aromatic rings. The van der Waals surface area contributed by atoms with Gasteiger partial charge in [-0.3, -0.25) is 0 Å². The second kappa shape index (κ2) is 12.0. The van der Waals surface area contributed by atoms with Crippen molar-refractivity contribution in [3.8, 4) is 55.6 Å². The average Bonchev–Trinajstić information content (AvgIpc) is 3.68. The molecule has 9 aromatic carbocycles. The van der Waals surface area contributed by atoms with Crippen LogP contribution in [0.2, 0.25) is 0 Å². The van der Waals surface area contributed by atoms with Gasteiger partial charge in [-0.05, 0) is 113 Å². The van der Waals surface area contributed by atoms with Gasteiger partial charge >= 0.3 is 0 Å². The minimum atomic E-state index is -0.394. The fourth-order valence-electron chi connectivity index (χ4n) is 7.15. The molecule has 0 N–H and O–H groups in total. The average molecular weight is 658 g/mol. The summed E-state index contributed by atoms with van der Waals surface area (Å²) in [7, 11) is 0. The van der Waals surface area contributed by atoms with Crippen molar-refractivity contribution in [1.29, 1.82) is 0 Å². The first-order chi connectivity index (χ1) is 29.1. The van der Waals surface area contributed by atoms with Crippen LogP contribution < -0.4 is 0 Å².